The van der Waals surface area contributed by atoms with E-state index < -0.39 is 17.6 Å². The summed E-state index contributed by atoms with van der Waals surface area (Å²) in [5, 5.41) is 13.2. The number of nitrogens with two attached hydrogens (primary N) is 1. The van der Waals surface area contributed by atoms with Crippen molar-refractivity contribution in [1.29, 1.82) is 0 Å². The maximum absolute atomic E-state index is 13.1. The molecule has 3 heterocycles. The number of aryl methyl sites for hydroxylation is 1. The van der Waals surface area contributed by atoms with Gasteiger partial charge in [-0.15, -0.1) is 0 Å². The van der Waals surface area contributed by atoms with Crippen LogP contribution in [0, 0.1) is 0 Å². The molecule has 1 aliphatic heterocycles. The normalized spacial score (nSPS) is 12.5. The van der Waals surface area contributed by atoms with Gasteiger partial charge in [0, 0.05) is 30.9 Å². The first-order valence-electron chi connectivity index (χ1n) is 10.9. The van der Waals surface area contributed by atoms with E-state index in [-0.39, 0.29) is 38.7 Å². The van der Waals surface area contributed by atoms with E-state index in [4.69, 9.17) is 38.4 Å². The van der Waals surface area contributed by atoms with Gasteiger partial charge < -0.3 is 34.8 Å². The van der Waals surface area contributed by atoms with E-state index in [2.05, 4.69) is 10.3 Å². The molecule has 4 N–H and O–H groups in total. The largest absolute Gasteiger partial charge is 0.506 e. The smallest absolute Gasteiger partial charge is 0.263 e. The van der Waals surface area contributed by atoms with Crippen LogP contribution in [0.15, 0.2) is 41.6 Å². The van der Waals surface area contributed by atoms with Gasteiger partial charge >= 0.3 is 0 Å². The first kappa shape index (κ1) is 24.5. The number of nitrogens with zero attached hydrogens (tertiary/aromatic N) is 3. The molecule has 2 amide bonds. The molecule has 1 aliphatic rings. The molecule has 0 bridgehead atoms. The first-order valence-corrected chi connectivity index (χ1v) is 11.7. The quantitative estimate of drug-likeness (QED) is 0.350. The van der Waals surface area contributed by atoms with Crippen LogP contribution in [0.5, 0.6) is 17.2 Å². The number of ether oxygens (including phenoxy) is 2. The van der Waals surface area contributed by atoms with E-state index in [9.17, 15) is 19.5 Å². The van der Waals surface area contributed by atoms with Crippen molar-refractivity contribution in [1.82, 2.24) is 14.1 Å². The second-order valence-corrected chi connectivity index (χ2v) is 9.09. The maximum Gasteiger partial charge on any atom is 0.263 e. The Kier molecular flexibility index (Phi) is 6.18. The lowest BCUT2D eigenvalue weighted by molar-refractivity contribution is -0.116. The van der Waals surface area contributed by atoms with Crippen molar-refractivity contribution < 1.29 is 24.2 Å². The number of carbonyl (C=O) groups excluding carboxylic acids is 2. The lowest BCUT2D eigenvalue weighted by Crippen LogP contribution is -2.21. The molecule has 5 rings (SSSR count). The van der Waals surface area contributed by atoms with Gasteiger partial charge in [0.15, 0.2) is 11.5 Å². The van der Waals surface area contributed by atoms with Gasteiger partial charge in [-0.2, -0.15) is 0 Å². The third-order valence-corrected chi connectivity index (χ3v) is 6.40. The Balaban J connectivity index is 1.55. The number of aromatic hydroxyl groups is 1. The molecule has 0 fully saturated rings. The number of halogens is 2. The van der Waals surface area contributed by atoms with E-state index in [1.54, 1.807) is 12.1 Å². The summed E-state index contributed by atoms with van der Waals surface area (Å²) in [6.07, 6.45) is 2.87. The van der Waals surface area contributed by atoms with Crippen molar-refractivity contribution in [3.63, 3.8) is 0 Å². The minimum atomic E-state index is -0.897. The topological polar surface area (TPSA) is 151 Å². The number of nitrogens with one attached hydrogen (secondary N) is 1. The Hall–Kier alpha value is -4.22. The van der Waals surface area contributed by atoms with E-state index in [1.807, 2.05) is 0 Å². The van der Waals surface area contributed by atoms with Crippen LogP contribution >= 0.6 is 23.2 Å². The highest BCUT2D eigenvalue weighted by Gasteiger charge is 2.22. The molecular weight excluding hydrogens is 525 g/mol. The highest BCUT2D eigenvalue weighted by molar-refractivity contribution is 6.34. The Morgan fingerprint density at radius 3 is 2.54 bits per heavy atom. The van der Waals surface area contributed by atoms with E-state index >= 15 is 0 Å². The molecule has 0 aliphatic carbocycles. The SMILES string of the molecule is Cn1cnc2c(c(-c3cc(Cl)c(O)c(C(N)=O)c3)cn2CC(=O)Nc2cc3c(cc2Cl)OCCO3)c1=O. The van der Waals surface area contributed by atoms with Crippen molar-refractivity contribution in [3.8, 4) is 28.4 Å². The number of rotatable bonds is 5. The van der Waals surface area contributed by atoms with Crippen molar-refractivity contribution in [2.24, 2.45) is 12.8 Å². The lowest BCUT2D eigenvalue weighted by Gasteiger charge is -2.20. The Morgan fingerprint density at radius 1 is 1.14 bits per heavy atom. The summed E-state index contributed by atoms with van der Waals surface area (Å²) in [5.74, 6) is -0.876. The second kappa shape index (κ2) is 9.34. The van der Waals surface area contributed by atoms with Crippen LogP contribution < -0.4 is 26.1 Å². The minimum absolute atomic E-state index is 0.126. The Morgan fingerprint density at radius 2 is 1.84 bits per heavy atom. The number of carbonyl (C=O) groups is 2. The second-order valence-electron chi connectivity index (χ2n) is 8.27. The van der Waals surface area contributed by atoms with Gasteiger partial charge in [0.2, 0.25) is 5.91 Å². The number of amides is 2. The van der Waals surface area contributed by atoms with Crippen LogP contribution in [0.25, 0.3) is 22.2 Å². The number of aromatic nitrogens is 3. The molecule has 0 atom stereocenters. The molecule has 0 spiro atoms. The zero-order valence-electron chi connectivity index (χ0n) is 19.2. The van der Waals surface area contributed by atoms with Crippen LogP contribution in [0.2, 0.25) is 10.0 Å². The molecule has 0 unspecified atom stereocenters. The van der Waals surface area contributed by atoms with Gasteiger partial charge in [-0.1, -0.05) is 23.2 Å². The zero-order valence-corrected chi connectivity index (χ0v) is 20.8. The van der Waals surface area contributed by atoms with E-state index in [0.29, 0.717) is 41.5 Å². The summed E-state index contributed by atoms with van der Waals surface area (Å²) < 4.78 is 13.8. The number of phenols is 1. The molecule has 13 heteroatoms. The van der Waals surface area contributed by atoms with Gasteiger partial charge in [0.05, 0.1) is 33.0 Å². The highest BCUT2D eigenvalue weighted by atomic mass is 35.5. The standard InChI is InChI=1S/C24H19Cl2N5O6/c1-30-10-28-23-20(24(30)35)13(11-4-12(22(27)34)21(33)15(26)5-11)8-31(23)9-19(32)29-16-7-18-17(6-14(16)25)36-2-3-37-18/h4-8,10,33H,2-3,9H2,1H3,(H2,27,34)(H,29,32). The van der Waals surface area contributed by atoms with Gasteiger partial charge in [-0.05, 0) is 17.7 Å². The fourth-order valence-electron chi connectivity index (χ4n) is 4.05. The summed E-state index contributed by atoms with van der Waals surface area (Å²) in [5.41, 5.74) is 6.01. The molecule has 37 heavy (non-hydrogen) atoms. The number of hydrogen-bond acceptors (Lipinski definition) is 7. The van der Waals surface area contributed by atoms with Gasteiger partial charge in [0.1, 0.15) is 31.2 Å². The Bertz CT molecular complexity index is 1660. The molecule has 4 aromatic rings. The van der Waals surface area contributed by atoms with Crippen molar-refractivity contribution >= 4 is 51.7 Å². The average Bonchev–Trinajstić information content (AvgIpc) is 3.22. The van der Waals surface area contributed by atoms with E-state index in [1.165, 1.54) is 40.8 Å². The summed E-state index contributed by atoms with van der Waals surface area (Å²) in [4.78, 5) is 42.2. The van der Waals surface area contributed by atoms with Gasteiger partial charge in [-0.25, -0.2) is 4.98 Å². The summed E-state index contributed by atoms with van der Waals surface area (Å²) >= 11 is 12.4. The number of anilines is 1. The number of benzene rings is 2. The van der Waals surface area contributed by atoms with E-state index in [0.717, 1.165) is 0 Å². The average molecular weight is 544 g/mol. The molecule has 2 aromatic carbocycles. The summed E-state index contributed by atoms with van der Waals surface area (Å²) in [6.45, 7) is 0.549. The van der Waals surface area contributed by atoms with Crippen molar-refractivity contribution in [3.05, 3.63) is 62.8 Å². The van der Waals surface area contributed by atoms with Crippen LogP contribution in [0.4, 0.5) is 5.69 Å². The van der Waals surface area contributed by atoms with Crippen LogP contribution in [0.1, 0.15) is 10.4 Å². The molecule has 0 saturated heterocycles. The number of primary amides is 1. The van der Waals surface area contributed by atoms with Crippen molar-refractivity contribution in [2.45, 2.75) is 6.54 Å². The monoisotopic (exact) mass is 543 g/mol. The Labute approximate surface area is 218 Å². The van der Waals surface area contributed by atoms with Gasteiger partial charge in [-0.3, -0.25) is 14.4 Å². The lowest BCUT2D eigenvalue weighted by atomic mass is 10.0. The van der Waals surface area contributed by atoms with Crippen LogP contribution in [-0.4, -0.2) is 44.3 Å². The van der Waals surface area contributed by atoms with Crippen LogP contribution in [-0.2, 0) is 18.4 Å². The molecule has 190 valence electrons. The molecule has 2 aromatic heterocycles. The fourth-order valence-corrected chi connectivity index (χ4v) is 4.47. The minimum Gasteiger partial charge on any atom is -0.506 e. The highest BCUT2D eigenvalue weighted by Crippen LogP contribution is 2.38. The zero-order chi connectivity index (χ0) is 26.4. The van der Waals surface area contributed by atoms with Crippen LogP contribution in [0.3, 0.4) is 0 Å². The molecule has 0 radical (unpaired) electrons. The summed E-state index contributed by atoms with van der Waals surface area (Å²) in [7, 11) is 1.53. The fraction of sp³-hybridized carbons (Fsp3) is 0.167. The summed E-state index contributed by atoms with van der Waals surface area (Å²) in [6, 6.07) is 5.85. The first-order chi connectivity index (χ1) is 17.6. The number of hydrogen-bond donors (Lipinski definition) is 3. The predicted octanol–water partition coefficient (Wildman–Crippen LogP) is 2.92. The van der Waals surface area contributed by atoms with Crippen molar-refractivity contribution in [2.75, 3.05) is 18.5 Å². The molecule has 11 nitrogen and oxygen atoms in total. The predicted molar refractivity (Wildman–Crippen MR) is 137 cm³/mol. The number of fused-ring (bicyclic) bond motifs is 2. The third-order valence-electron chi connectivity index (χ3n) is 5.80. The molecular formula is C24H19Cl2N5O6. The maximum atomic E-state index is 13.1. The van der Waals surface area contributed by atoms with Gasteiger partial charge in [0.25, 0.3) is 11.5 Å². The third kappa shape index (κ3) is 4.43. The molecule has 0 saturated carbocycles.